The molecule has 1 aromatic rings. The van der Waals surface area contributed by atoms with Crippen molar-refractivity contribution < 1.29 is 14.4 Å². The molecule has 3 amide bonds. The van der Waals surface area contributed by atoms with Crippen molar-refractivity contribution in [1.82, 2.24) is 10.4 Å². The minimum atomic E-state index is -0.528. The molecule has 1 aliphatic rings. The molecule has 0 aromatic heterocycles. The highest BCUT2D eigenvalue weighted by molar-refractivity contribution is 6.30. The quantitative estimate of drug-likeness (QED) is 0.849. The summed E-state index contributed by atoms with van der Waals surface area (Å²) >= 11 is 6.08. The predicted molar refractivity (Wildman–Crippen MR) is 75.0 cm³/mol. The molecule has 1 aromatic carbocycles. The second-order valence-electron chi connectivity index (χ2n) is 5.23. The van der Waals surface area contributed by atoms with Gasteiger partial charge in [-0.15, -0.1) is 0 Å². The van der Waals surface area contributed by atoms with Crippen LogP contribution in [0, 0.1) is 5.92 Å². The van der Waals surface area contributed by atoms with Crippen molar-refractivity contribution >= 4 is 23.5 Å². The van der Waals surface area contributed by atoms with Crippen LogP contribution in [0.2, 0.25) is 5.02 Å². The molecular weight excluding hydrogens is 280 g/mol. The lowest BCUT2D eigenvalue weighted by Gasteiger charge is -2.14. The van der Waals surface area contributed by atoms with Crippen molar-refractivity contribution in [2.24, 2.45) is 5.92 Å². The van der Waals surface area contributed by atoms with E-state index in [4.69, 9.17) is 16.4 Å². The van der Waals surface area contributed by atoms with Crippen LogP contribution in [-0.4, -0.2) is 23.5 Å². The number of rotatable bonds is 5. The Kier molecular flexibility index (Phi) is 4.62. The zero-order valence-corrected chi connectivity index (χ0v) is 12.2. The summed E-state index contributed by atoms with van der Waals surface area (Å²) in [6.07, 6.45) is 0.927. The largest absolute Gasteiger partial charge is 0.348 e. The number of halogens is 1. The van der Waals surface area contributed by atoms with Crippen molar-refractivity contribution in [1.29, 1.82) is 0 Å². The monoisotopic (exact) mass is 296 g/mol. The summed E-state index contributed by atoms with van der Waals surface area (Å²) in [6.45, 7) is 4.40. The van der Waals surface area contributed by atoms with E-state index in [1.807, 2.05) is 12.1 Å². The van der Waals surface area contributed by atoms with Gasteiger partial charge in [-0.1, -0.05) is 31.5 Å². The lowest BCUT2D eigenvalue weighted by molar-refractivity contribution is -0.134. The lowest BCUT2D eigenvalue weighted by atomic mass is 10.0. The summed E-state index contributed by atoms with van der Waals surface area (Å²) in [6, 6.07) is 5.19. The van der Waals surface area contributed by atoms with Gasteiger partial charge in [-0.25, -0.2) is 4.79 Å². The molecule has 20 heavy (non-hydrogen) atoms. The third kappa shape index (κ3) is 3.95. The number of hydrogen-bond acceptors (Lipinski definition) is 3. The van der Waals surface area contributed by atoms with Gasteiger partial charge < -0.3 is 0 Å². The Morgan fingerprint density at radius 2 is 2.00 bits per heavy atom. The second kappa shape index (κ2) is 6.24. The lowest BCUT2D eigenvalue weighted by Crippen LogP contribution is -2.28. The number of imide groups is 1. The SMILES string of the molecule is CC(C)Cc1cc(Cl)cc(CON2CC(=O)NC2=O)c1. The van der Waals surface area contributed by atoms with Gasteiger partial charge in [0.05, 0.1) is 0 Å². The van der Waals surface area contributed by atoms with E-state index in [0.29, 0.717) is 10.9 Å². The van der Waals surface area contributed by atoms with Gasteiger partial charge in [-0.05, 0) is 35.6 Å². The molecule has 0 spiro atoms. The highest BCUT2D eigenvalue weighted by Gasteiger charge is 2.27. The fourth-order valence-corrected chi connectivity index (χ4v) is 2.35. The summed E-state index contributed by atoms with van der Waals surface area (Å²) in [5, 5.41) is 3.81. The maximum Gasteiger partial charge on any atom is 0.348 e. The number of amides is 3. The van der Waals surface area contributed by atoms with Crippen LogP contribution in [-0.2, 0) is 22.7 Å². The van der Waals surface area contributed by atoms with E-state index in [2.05, 4.69) is 19.2 Å². The Labute approximate surface area is 122 Å². The number of carbonyl (C=O) groups is 2. The van der Waals surface area contributed by atoms with Crippen molar-refractivity contribution in [3.05, 3.63) is 34.3 Å². The van der Waals surface area contributed by atoms with Crippen LogP contribution in [0.25, 0.3) is 0 Å². The van der Waals surface area contributed by atoms with E-state index in [1.165, 1.54) is 0 Å². The first kappa shape index (κ1) is 14.8. The molecule has 6 heteroatoms. The van der Waals surface area contributed by atoms with Crippen LogP contribution in [0.3, 0.4) is 0 Å². The first-order valence-corrected chi connectivity index (χ1v) is 6.84. The van der Waals surface area contributed by atoms with Gasteiger partial charge in [0.1, 0.15) is 13.2 Å². The molecule has 1 fully saturated rings. The molecular formula is C14H17ClN2O3. The van der Waals surface area contributed by atoms with Crippen molar-refractivity contribution in [3.8, 4) is 0 Å². The summed E-state index contributed by atoms with van der Waals surface area (Å²) in [4.78, 5) is 27.7. The van der Waals surface area contributed by atoms with E-state index in [9.17, 15) is 9.59 Å². The molecule has 5 nitrogen and oxygen atoms in total. The zero-order valence-electron chi connectivity index (χ0n) is 11.5. The normalized spacial score (nSPS) is 15.1. The Balaban J connectivity index is 2.00. The Hall–Kier alpha value is -1.59. The van der Waals surface area contributed by atoms with E-state index in [0.717, 1.165) is 22.6 Å². The third-order valence-electron chi connectivity index (χ3n) is 2.81. The van der Waals surface area contributed by atoms with Gasteiger partial charge in [-0.2, -0.15) is 5.06 Å². The van der Waals surface area contributed by atoms with E-state index >= 15 is 0 Å². The van der Waals surface area contributed by atoms with Crippen LogP contribution in [0.5, 0.6) is 0 Å². The van der Waals surface area contributed by atoms with E-state index in [-0.39, 0.29) is 19.1 Å². The number of urea groups is 1. The first-order chi connectivity index (χ1) is 9.44. The second-order valence-corrected chi connectivity index (χ2v) is 5.67. The third-order valence-corrected chi connectivity index (χ3v) is 3.03. The summed E-state index contributed by atoms with van der Waals surface area (Å²) < 4.78 is 0. The van der Waals surface area contributed by atoms with Gasteiger partial charge in [0.15, 0.2) is 0 Å². The molecule has 1 saturated heterocycles. The first-order valence-electron chi connectivity index (χ1n) is 6.46. The highest BCUT2D eigenvalue weighted by atomic mass is 35.5. The van der Waals surface area contributed by atoms with Gasteiger partial charge in [0.2, 0.25) is 5.91 Å². The summed E-state index contributed by atoms with van der Waals surface area (Å²) in [5.41, 5.74) is 2.01. The zero-order chi connectivity index (χ0) is 14.7. The molecule has 0 unspecified atom stereocenters. The number of hydrogen-bond donors (Lipinski definition) is 1. The van der Waals surface area contributed by atoms with E-state index < -0.39 is 6.03 Å². The fraction of sp³-hybridized carbons (Fsp3) is 0.429. The Bertz CT molecular complexity index is 531. The van der Waals surface area contributed by atoms with Crippen molar-refractivity contribution in [3.63, 3.8) is 0 Å². The number of nitrogens with zero attached hydrogens (tertiary/aromatic N) is 1. The average Bonchev–Trinajstić information content (AvgIpc) is 2.63. The van der Waals surface area contributed by atoms with Crippen LogP contribution < -0.4 is 5.32 Å². The van der Waals surface area contributed by atoms with Crippen LogP contribution in [0.1, 0.15) is 25.0 Å². The minimum absolute atomic E-state index is 0.0712. The molecule has 0 saturated carbocycles. The molecule has 0 bridgehead atoms. The van der Waals surface area contributed by atoms with Gasteiger partial charge >= 0.3 is 6.03 Å². The highest BCUT2D eigenvalue weighted by Crippen LogP contribution is 2.19. The smallest absolute Gasteiger partial charge is 0.274 e. The average molecular weight is 297 g/mol. The molecule has 108 valence electrons. The molecule has 0 aliphatic carbocycles. The number of carbonyl (C=O) groups excluding carboxylic acids is 2. The Morgan fingerprint density at radius 3 is 2.60 bits per heavy atom. The van der Waals surface area contributed by atoms with E-state index in [1.54, 1.807) is 6.07 Å². The fourth-order valence-electron chi connectivity index (χ4n) is 2.07. The van der Waals surface area contributed by atoms with Crippen LogP contribution >= 0.6 is 11.6 Å². The van der Waals surface area contributed by atoms with Gasteiger partial charge in [-0.3, -0.25) is 14.9 Å². The van der Waals surface area contributed by atoms with Gasteiger partial charge in [0, 0.05) is 5.02 Å². The number of benzene rings is 1. The maximum absolute atomic E-state index is 11.3. The minimum Gasteiger partial charge on any atom is -0.274 e. The van der Waals surface area contributed by atoms with Crippen molar-refractivity contribution in [2.75, 3.05) is 6.54 Å². The number of nitrogens with one attached hydrogen (secondary N) is 1. The molecule has 1 aliphatic heterocycles. The van der Waals surface area contributed by atoms with Crippen LogP contribution in [0.4, 0.5) is 4.79 Å². The van der Waals surface area contributed by atoms with Crippen LogP contribution in [0.15, 0.2) is 18.2 Å². The van der Waals surface area contributed by atoms with Gasteiger partial charge in [0.25, 0.3) is 0 Å². The molecule has 0 radical (unpaired) electrons. The summed E-state index contributed by atoms with van der Waals surface area (Å²) in [5.74, 6) is 0.172. The molecule has 1 heterocycles. The number of hydroxylamine groups is 2. The molecule has 2 rings (SSSR count). The maximum atomic E-state index is 11.3. The summed E-state index contributed by atoms with van der Waals surface area (Å²) in [7, 11) is 0. The molecule has 1 N–H and O–H groups in total. The molecule has 0 atom stereocenters. The Morgan fingerprint density at radius 1 is 1.30 bits per heavy atom. The predicted octanol–water partition coefficient (Wildman–Crippen LogP) is 2.52. The van der Waals surface area contributed by atoms with Crippen molar-refractivity contribution in [2.45, 2.75) is 26.9 Å². The topological polar surface area (TPSA) is 58.6 Å². The standard InChI is InChI=1S/C14H17ClN2O3/c1-9(2)3-10-4-11(6-12(15)5-10)8-20-17-7-13(18)16-14(17)19/h4-6,9H,3,7-8H2,1-2H3,(H,16,18,19).